The molecule has 0 aliphatic rings. The van der Waals surface area contributed by atoms with Crippen molar-refractivity contribution in [3.05, 3.63) is 71.4 Å². The van der Waals surface area contributed by atoms with Gasteiger partial charge in [-0.3, -0.25) is 9.59 Å². The van der Waals surface area contributed by atoms with Crippen molar-refractivity contribution in [3.63, 3.8) is 0 Å². The first-order valence-electron chi connectivity index (χ1n) is 8.93. The van der Waals surface area contributed by atoms with E-state index in [9.17, 15) is 14.4 Å². The molecule has 0 heterocycles. The van der Waals surface area contributed by atoms with Crippen LogP contribution in [-0.4, -0.2) is 30.4 Å². The van der Waals surface area contributed by atoms with Crippen LogP contribution in [0, 0.1) is 0 Å². The van der Waals surface area contributed by atoms with Crippen LogP contribution in [0.4, 0.5) is 0 Å². The molecule has 0 aromatic heterocycles. The fourth-order valence-electron chi connectivity index (χ4n) is 2.45. The highest BCUT2D eigenvalue weighted by atomic mass is 16.5. The first kappa shape index (κ1) is 20.9. The Morgan fingerprint density at radius 3 is 2.25 bits per heavy atom. The zero-order chi connectivity index (χ0) is 20.5. The number of hydrogen-bond donors (Lipinski definition) is 1. The van der Waals surface area contributed by atoms with Gasteiger partial charge >= 0.3 is 5.97 Å². The summed E-state index contributed by atoms with van der Waals surface area (Å²) < 4.78 is 10.6. The fraction of sp³-hybridized carbons (Fsp3) is 0.227. The summed E-state index contributed by atoms with van der Waals surface area (Å²) in [5.74, 6) is -0.892. The number of benzene rings is 2. The highest BCUT2D eigenvalue weighted by Gasteiger charge is 2.22. The number of nitrogens with one attached hydrogen (secondary N) is 1. The predicted molar refractivity (Wildman–Crippen MR) is 106 cm³/mol. The average molecular weight is 381 g/mol. The van der Waals surface area contributed by atoms with Crippen molar-refractivity contribution in [2.45, 2.75) is 26.9 Å². The summed E-state index contributed by atoms with van der Waals surface area (Å²) in [6.45, 7) is 5.18. The molecule has 28 heavy (non-hydrogen) atoms. The Hall–Kier alpha value is -3.41. The van der Waals surface area contributed by atoms with E-state index in [1.54, 1.807) is 48.5 Å². The van der Waals surface area contributed by atoms with Crippen molar-refractivity contribution in [2.24, 2.45) is 0 Å². The third kappa shape index (κ3) is 6.09. The van der Waals surface area contributed by atoms with Crippen LogP contribution in [0.15, 0.2) is 60.3 Å². The summed E-state index contributed by atoms with van der Waals surface area (Å²) in [5.41, 5.74) is 1.08. The molecule has 2 aromatic rings. The normalized spacial score (nSPS) is 12.0. The van der Waals surface area contributed by atoms with Gasteiger partial charge in [-0.15, -0.1) is 0 Å². The maximum absolute atomic E-state index is 12.5. The molecule has 2 rings (SSSR count). The molecular weight excluding hydrogens is 358 g/mol. The number of rotatable bonds is 8. The largest absolute Gasteiger partial charge is 0.494 e. The average Bonchev–Trinajstić information content (AvgIpc) is 2.68. The first-order valence-corrected chi connectivity index (χ1v) is 8.93. The molecule has 0 saturated heterocycles. The van der Waals surface area contributed by atoms with Gasteiger partial charge in [-0.05, 0) is 49.8 Å². The fourth-order valence-corrected chi connectivity index (χ4v) is 2.45. The second-order valence-electron chi connectivity index (χ2n) is 6.02. The molecule has 1 atom stereocenters. The zero-order valence-electron chi connectivity index (χ0n) is 16.1. The van der Waals surface area contributed by atoms with Crippen molar-refractivity contribution < 1.29 is 23.9 Å². The van der Waals surface area contributed by atoms with Crippen LogP contribution in [0.2, 0.25) is 0 Å². The molecule has 1 amide bonds. The van der Waals surface area contributed by atoms with Gasteiger partial charge < -0.3 is 14.8 Å². The molecule has 0 spiro atoms. The van der Waals surface area contributed by atoms with Crippen LogP contribution in [-0.2, 0) is 14.3 Å². The van der Waals surface area contributed by atoms with E-state index >= 15 is 0 Å². The highest BCUT2D eigenvalue weighted by molar-refractivity contribution is 6.03. The van der Waals surface area contributed by atoms with E-state index in [1.807, 2.05) is 13.0 Å². The summed E-state index contributed by atoms with van der Waals surface area (Å²) in [5, 5.41) is 2.45. The SMILES string of the molecule is CCOc1ccc(C(=O)[C@H](C)OC(=O)/C(=C/c2ccccc2)NC(C)=O)cc1. The van der Waals surface area contributed by atoms with Crippen LogP contribution < -0.4 is 10.1 Å². The molecule has 0 aliphatic heterocycles. The van der Waals surface area contributed by atoms with Crippen LogP contribution in [0.3, 0.4) is 0 Å². The lowest BCUT2D eigenvalue weighted by Crippen LogP contribution is -2.31. The molecule has 146 valence electrons. The molecule has 6 nitrogen and oxygen atoms in total. The minimum atomic E-state index is -1.02. The molecule has 0 radical (unpaired) electrons. The maximum Gasteiger partial charge on any atom is 0.355 e. The highest BCUT2D eigenvalue weighted by Crippen LogP contribution is 2.15. The summed E-state index contributed by atoms with van der Waals surface area (Å²) in [6, 6.07) is 15.6. The quantitative estimate of drug-likeness (QED) is 0.431. The molecular formula is C22H23NO5. The monoisotopic (exact) mass is 381 g/mol. The van der Waals surface area contributed by atoms with Crippen molar-refractivity contribution in [2.75, 3.05) is 6.61 Å². The van der Waals surface area contributed by atoms with Crippen LogP contribution in [0.1, 0.15) is 36.7 Å². The van der Waals surface area contributed by atoms with Crippen molar-refractivity contribution >= 4 is 23.7 Å². The Bertz CT molecular complexity index is 856. The van der Waals surface area contributed by atoms with E-state index in [0.717, 1.165) is 0 Å². The Balaban J connectivity index is 2.11. The zero-order valence-corrected chi connectivity index (χ0v) is 16.1. The van der Waals surface area contributed by atoms with Crippen LogP contribution in [0.25, 0.3) is 6.08 Å². The number of ketones is 1. The number of Topliss-reactive ketones (excluding diaryl/α,β-unsaturated/α-hetero) is 1. The third-order valence-corrected chi connectivity index (χ3v) is 3.74. The van der Waals surface area contributed by atoms with Gasteiger partial charge in [0.2, 0.25) is 11.7 Å². The Kier molecular flexibility index (Phi) is 7.51. The van der Waals surface area contributed by atoms with Crippen molar-refractivity contribution in [1.29, 1.82) is 0 Å². The molecule has 0 saturated carbocycles. The van der Waals surface area contributed by atoms with Crippen molar-refractivity contribution in [3.8, 4) is 5.75 Å². The topological polar surface area (TPSA) is 81.7 Å². The number of ether oxygens (including phenoxy) is 2. The molecule has 0 bridgehead atoms. The smallest absolute Gasteiger partial charge is 0.355 e. The van der Waals surface area contributed by atoms with Crippen LogP contribution in [0.5, 0.6) is 5.75 Å². The Labute approximate surface area is 164 Å². The molecule has 1 N–H and O–H groups in total. The summed E-state index contributed by atoms with van der Waals surface area (Å²) in [4.78, 5) is 36.5. The Morgan fingerprint density at radius 1 is 1.04 bits per heavy atom. The van der Waals surface area contributed by atoms with Gasteiger partial charge in [0.05, 0.1) is 6.61 Å². The van der Waals surface area contributed by atoms with Gasteiger partial charge in [0, 0.05) is 12.5 Å². The van der Waals surface area contributed by atoms with Gasteiger partial charge in [0.25, 0.3) is 0 Å². The number of carbonyl (C=O) groups is 3. The van der Waals surface area contributed by atoms with E-state index in [-0.39, 0.29) is 11.5 Å². The molecule has 0 unspecified atom stereocenters. The van der Waals surface area contributed by atoms with E-state index < -0.39 is 18.0 Å². The van der Waals surface area contributed by atoms with E-state index in [4.69, 9.17) is 9.47 Å². The lowest BCUT2D eigenvalue weighted by atomic mass is 10.1. The van der Waals surface area contributed by atoms with E-state index in [0.29, 0.717) is 23.5 Å². The second-order valence-corrected chi connectivity index (χ2v) is 6.02. The van der Waals surface area contributed by atoms with E-state index in [1.165, 1.54) is 19.9 Å². The molecule has 6 heteroatoms. The maximum atomic E-state index is 12.5. The molecule has 0 fully saturated rings. The van der Waals surface area contributed by atoms with E-state index in [2.05, 4.69) is 5.32 Å². The molecule has 0 aliphatic carbocycles. The first-order chi connectivity index (χ1) is 13.4. The molecule has 2 aromatic carbocycles. The number of hydrogen-bond acceptors (Lipinski definition) is 5. The number of esters is 1. The Morgan fingerprint density at radius 2 is 1.68 bits per heavy atom. The second kappa shape index (κ2) is 10.1. The number of amides is 1. The predicted octanol–water partition coefficient (Wildman–Crippen LogP) is 3.38. The lowest BCUT2D eigenvalue weighted by molar-refractivity contribution is -0.142. The van der Waals surface area contributed by atoms with Gasteiger partial charge in [-0.25, -0.2) is 4.79 Å². The summed E-state index contributed by atoms with van der Waals surface area (Å²) in [7, 11) is 0. The minimum Gasteiger partial charge on any atom is -0.494 e. The van der Waals surface area contributed by atoms with Gasteiger partial charge in [-0.2, -0.15) is 0 Å². The standard InChI is InChI=1S/C22H23NO5/c1-4-27-19-12-10-18(11-13-19)21(25)15(2)28-22(26)20(23-16(3)24)14-17-8-6-5-7-9-17/h5-15H,4H2,1-3H3,(H,23,24)/b20-14-/t15-/m0/s1. The third-order valence-electron chi connectivity index (χ3n) is 3.74. The summed E-state index contributed by atoms with van der Waals surface area (Å²) in [6.07, 6.45) is 0.482. The van der Waals surface area contributed by atoms with Gasteiger partial charge in [0.1, 0.15) is 11.4 Å². The minimum absolute atomic E-state index is 0.0370. The van der Waals surface area contributed by atoms with Crippen LogP contribution >= 0.6 is 0 Å². The van der Waals surface area contributed by atoms with Gasteiger partial charge in [-0.1, -0.05) is 30.3 Å². The van der Waals surface area contributed by atoms with Gasteiger partial charge in [0.15, 0.2) is 6.10 Å². The summed E-state index contributed by atoms with van der Waals surface area (Å²) >= 11 is 0. The number of carbonyl (C=O) groups excluding carboxylic acids is 3. The van der Waals surface area contributed by atoms with Crippen molar-refractivity contribution in [1.82, 2.24) is 5.32 Å². The lowest BCUT2D eigenvalue weighted by Gasteiger charge is -2.14.